The summed E-state index contributed by atoms with van der Waals surface area (Å²) >= 11 is 0. The Hall–Kier alpha value is 0.0969. The minimum Gasteiger partial charge on any atom is -0.418 e. The highest BCUT2D eigenvalue weighted by molar-refractivity contribution is 6.29. The number of aliphatic hydroxyl groups excluding tert-OH is 1. The molecule has 0 bridgehead atoms. The van der Waals surface area contributed by atoms with Gasteiger partial charge >= 0.3 is 0 Å². The molecule has 0 rings (SSSR count). The number of aliphatic hydroxyl groups is 1. The zero-order valence-electron chi connectivity index (χ0n) is 23.1. The predicted octanol–water partition coefficient (Wildman–Crippen LogP) is 7.82. The van der Waals surface area contributed by atoms with Crippen molar-refractivity contribution in [3.05, 3.63) is 0 Å². The van der Waals surface area contributed by atoms with Crippen molar-refractivity contribution < 1.29 is 14.3 Å². The number of hydrogen-bond donors (Lipinski definition) is 1. The molecule has 0 saturated heterocycles. The molecular formula is C28H60O3Si. The Labute approximate surface area is 204 Å². The van der Waals surface area contributed by atoms with Crippen LogP contribution in [0.15, 0.2) is 0 Å². The maximum Gasteiger partial charge on any atom is 0.165 e. The van der Waals surface area contributed by atoms with Crippen LogP contribution in [-0.2, 0) is 9.16 Å². The van der Waals surface area contributed by atoms with Crippen LogP contribution in [0.25, 0.3) is 0 Å². The molecule has 3 unspecified atom stereocenters. The van der Waals surface area contributed by atoms with Crippen LogP contribution in [0.5, 0.6) is 0 Å². The molecule has 194 valence electrons. The smallest absolute Gasteiger partial charge is 0.165 e. The lowest BCUT2D eigenvalue weighted by molar-refractivity contribution is -0.0446. The number of hydrogen-bond acceptors (Lipinski definition) is 3. The summed E-state index contributed by atoms with van der Waals surface area (Å²) in [5.74, 6) is 0.314. The molecule has 0 aliphatic heterocycles. The van der Waals surface area contributed by atoms with Crippen molar-refractivity contribution in [1.82, 2.24) is 0 Å². The van der Waals surface area contributed by atoms with Gasteiger partial charge in [0.05, 0.1) is 12.7 Å². The largest absolute Gasteiger partial charge is 0.418 e. The molecular weight excluding hydrogens is 412 g/mol. The Morgan fingerprint density at radius 2 is 1.16 bits per heavy atom. The molecule has 0 aromatic rings. The van der Waals surface area contributed by atoms with Gasteiger partial charge < -0.3 is 14.3 Å². The first-order chi connectivity index (χ1) is 15.2. The highest BCUT2D eigenvalue weighted by Crippen LogP contribution is 2.30. The molecule has 4 heteroatoms. The van der Waals surface area contributed by atoms with Crippen LogP contribution >= 0.6 is 0 Å². The second-order valence-corrected chi connectivity index (χ2v) is 13.4. The number of ether oxygens (including phenoxy) is 1. The van der Waals surface area contributed by atoms with Gasteiger partial charge in [-0.2, -0.15) is 0 Å². The number of rotatable bonds is 22. The molecule has 0 amide bonds. The van der Waals surface area contributed by atoms with E-state index < -0.39 is 15.9 Å². The molecule has 3 nitrogen and oxygen atoms in total. The Morgan fingerprint density at radius 3 is 1.56 bits per heavy atom. The van der Waals surface area contributed by atoms with Gasteiger partial charge in [0.25, 0.3) is 0 Å². The molecule has 0 fully saturated rings. The van der Waals surface area contributed by atoms with E-state index in [-0.39, 0.29) is 11.5 Å². The summed E-state index contributed by atoms with van der Waals surface area (Å²) < 4.78 is 12.0. The maximum atomic E-state index is 10.6. The normalized spacial score (nSPS) is 15.7. The van der Waals surface area contributed by atoms with Crippen molar-refractivity contribution in [2.75, 3.05) is 13.2 Å². The summed E-state index contributed by atoms with van der Waals surface area (Å²) in [4.78, 5) is 0. The highest BCUT2D eigenvalue weighted by Gasteiger charge is 2.27. The Balaban J connectivity index is 3.61. The van der Waals surface area contributed by atoms with Crippen molar-refractivity contribution >= 4 is 9.76 Å². The minimum absolute atomic E-state index is 0.0946. The van der Waals surface area contributed by atoms with Gasteiger partial charge in [0.2, 0.25) is 0 Å². The molecule has 0 heterocycles. The third kappa shape index (κ3) is 18.5. The van der Waals surface area contributed by atoms with Gasteiger partial charge in [0.15, 0.2) is 9.76 Å². The number of unbranched alkanes of at least 4 members (excludes halogenated alkanes) is 13. The van der Waals surface area contributed by atoms with E-state index in [1.807, 2.05) is 0 Å². The average molecular weight is 473 g/mol. The van der Waals surface area contributed by atoms with E-state index in [9.17, 15) is 5.11 Å². The molecule has 32 heavy (non-hydrogen) atoms. The molecule has 0 spiro atoms. The lowest BCUT2D eigenvalue weighted by Crippen LogP contribution is -2.39. The second-order valence-electron chi connectivity index (χ2n) is 11.5. The average Bonchev–Trinajstić information content (AvgIpc) is 2.72. The van der Waals surface area contributed by atoms with Crippen LogP contribution in [0, 0.1) is 11.3 Å². The van der Waals surface area contributed by atoms with Crippen molar-refractivity contribution in [3.63, 3.8) is 0 Å². The first kappa shape index (κ1) is 32.1. The molecule has 0 aliphatic rings. The summed E-state index contributed by atoms with van der Waals surface area (Å²) in [5, 5.41) is 10.6. The first-order valence-electron chi connectivity index (χ1n) is 14.1. The third-order valence-electron chi connectivity index (χ3n) is 6.98. The molecule has 0 aliphatic carbocycles. The molecule has 0 radical (unpaired) electrons. The van der Waals surface area contributed by atoms with Crippen LogP contribution < -0.4 is 0 Å². The summed E-state index contributed by atoms with van der Waals surface area (Å²) in [5.41, 5.74) is 0.871. The van der Waals surface area contributed by atoms with Crippen molar-refractivity contribution in [2.24, 2.45) is 11.3 Å². The van der Waals surface area contributed by atoms with E-state index in [1.165, 1.54) is 83.5 Å². The van der Waals surface area contributed by atoms with Gasteiger partial charge in [-0.15, -0.1) is 0 Å². The standard InChI is InChI=1S/C28H60O3Si/c1-8-9-10-11-12-13-14-15-16-17-18-19-20-21-22-30-23-26(29)27(24(2)3)31-32-25(4)28(5,6)7/h24-27,29H,8-23,32H2,1-7H3. The molecule has 0 aromatic carbocycles. The van der Waals surface area contributed by atoms with Gasteiger partial charge in [0, 0.05) is 6.61 Å². The fourth-order valence-corrected chi connectivity index (χ4v) is 5.57. The highest BCUT2D eigenvalue weighted by atomic mass is 28.2. The quantitative estimate of drug-likeness (QED) is 0.129. The van der Waals surface area contributed by atoms with E-state index >= 15 is 0 Å². The van der Waals surface area contributed by atoms with Gasteiger partial charge in [-0.05, 0) is 23.3 Å². The van der Waals surface area contributed by atoms with Gasteiger partial charge in [-0.1, -0.05) is 132 Å². The van der Waals surface area contributed by atoms with Crippen LogP contribution in [0.2, 0.25) is 5.54 Å². The van der Waals surface area contributed by atoms with Crippen molar-refractivity contribution in [2.45, 2.75) is 156 Å². The lowest BCUT2D eigenvalue weighted by atomic mass is 9.93. The van der Waals surface area contributed by atoms with E-state index in [4.69, 9.17) is 9.16 Å². The summed E-state index contributed by atoms with van der Waals surface area (Å²) in [6, 6.07) is 0. The van der Waals surface area contributed by atoms with Gasteiger partial charge in [-0.25, -0.2) is 0 Å². The topological polar surface area (TPSA) is 38.7 Å². The SMILES string of the molecule is CCCCCCCCCCCCCCCCOCC(O)C(O[SiH2]C(C)C(C)(C)C)C(C)C. The Bertz CT molecular complexity index is 395. The predicted molar refractivity (Wildman–Crippen MR) is 144 cm³/mol. The van der Waals surface area contributed by atoms with Gasteiger partial charge in [-0.3, -0.25) is 0 Å². The fraction of sp³-hybridized carbons (Fsp3) is 1.00. The molecule has 0 saturated carbocycles. The second kappa shape index (κ2) is 20.5. The van der Waals surface area contributed by atoms with E-state index in [2.05, 4.69) is 48.5 Å². The maximum absolute atomic E-state index is 10.6. The molecule has 1 N–H and O–H groups in total. The monoisotopic (exact) mass is 472 g/mol. The van der Waals surface area contributed by atoms with Crippen molar-refractivity contribution in [1.29, 1.82) is 0 Å². The Morgan fingerprint density at radius 1 is 0.719 bits per heavy atom. The zero-order chi connectivity index (χ0) is 24.2. The van der Waals surface area contributed by atoms with Crippen LogP contribution in [0.4, 0.5) is 0 Å². The lowest BCUT2D eigenvalue weighted by Gasteiger charge is -2.32. The van der Waals surface area contributed by atoms with Crippen LogP contribution in [-0.4, -0.2) is 40.3 Å². The summed E-state index contributed by atoms with van der Waals surface area (Å²) in [7, 11) is -0.674. The molecule has 0 aromatic heterocycles. The minimum atomic E-state index is -0.674. The van der Waals surface area contributed by atoms with E-state index in [0.29, 0.717) is 18.1 Å². The van der Waals surface area contributed by atoms with Crippen molar-refractivity contribution in [3.8, 4) is 0 Å². The van der Waals surface area contributed by atoms with Gasteiger partial charge in [0.1, 0.15) is 6.10 Å². The van der Waals surface area contributed by atoms with Crippen LogP contribution in [0.3, 0.4) is 0 Å². The summed E-state index contributed by atoms with van der Waals surface area (Å²) in [6.07, 6.45) is 18.6. The van der Waals surface area contributed by atoms with Crippen LogP contribution in [0.1, 0.15) is 138 Å². The van der Waals surface area contributed by atoms with E-state index in [0.717, 1.165) is 13.0 Å². The Kier molecular flexibility index (Phi) is 20.5. The molecule has 3 atom stereocenters. The fourth-order valence-electron chi connectivity index (χ4n) is 3.95. The van der Waals surface area contributed by atoms with E-state index in [1.54, 1.807) is 0 Å². The third-order valence-corrected chi connectivity index (χ3v) is 9.29. The summed E-state index contributed by atoms with van der Waals surface area (Å²) in [6.45, 7) is 16.8. The first-order valence-corrected chi connectivity index (χ1v) is 15.5. The zero-order valence-corrected chi connectivity index (χ0v) is 24.5.